The van der Waals surface area contributed by atoms with E-state index in [9.17, 15) is 0 Å². The lowest BCUT2D eigenvalue weighted by Crippen LogP contribution is -1.86. The molecule has 10 heavy (non-hydrogen) atoms. The van der Waals surface area contributed by atoms with E-state index in [1.807, 2.05) is 20.2 Å². The van der Waals surface area contributed by atoms with E-state index in [4.69, 9.17) is 0 Å². The Morgan fingerprint density at radius 1 is 1.70 bits per heavy atom. The molecule has 3 heteroatoms. The molecule has 0 N–H and O–H groups in total. The molecule has 0 fully saturated rings. The number of aryl methyl sites for hydroxylation is 2. The highest BCUT2D eigenvalue weighted by Crippen LogP contribution is 2.01. The average Bonchev–Trinajstić information content (AvgIpc) is 2.13. The van der Waals surface area contributed by atoms with Crippen LogP contribution in [0.15, 0.2) is 6.20 Å². The predicted octanol–water partition coefficient (Wildman–Crippen LogP) is 1.43. The first-order chi connectivity index (χ1) is 4.74. The van der Waals surface area contributed by atoms with Crippen LogP contribution in [0.1, 0.15) is 11.3 Å². The maximum atomic E-state index is 4.12. The molecule has 0 aromatic carbocycles. The number of rotatable bonds is 0. The molecule has 2 nitrogen and oxygen atoms in total. The van der Waals surface area contributed by atoms with E-state index in [2.05, 4.69) is 31.8 Å². The monoisotopic (exact) mass is 198 g/mol. The highest BCUT2D eigenvalue weighted by molar-refractivity contribution is 9.12. The summed E-state index contributed by atoms with van der Waals surface area (Å²) in [5.74, 6) is 2.88. The molecule has 0 radical (unpaired) electrons. The molecule has 0 unspecified atom stereocenters. The molecule has 0 spiro atoms. The van der Waals surface area contributed by atoms with Crippen molar-refractivity contribution in [3.8, 4) is 10.8 Å². The first-order valence-corrected chi connectivity index (χ1v) is 3.65. The van der Waals surface area contributed by atoms with Gasteiger partial charge in [0.1, 0.15) is 0 Å². The summed E-state index contributed by atoms with van der Waals surface area (Å²) in [6, 6.07) is 0. The third-order valence-corrected chi connectivity index (χ3v) is 1.39. The van der Waals surface area contributed by atoms with Gasteiger partial charge in [-0.25, -0.2) is 0 Å². The Labute approximate surface area is 68.4 Å². The molecule has 0 amide bonds. The lowest BCUT2D eigenvalue weighted by Gasteiger charge is -1.79. The van der Waals surface area contributed by atoms with Crippen molar-refractivity contribution >= 4 is 15.9 Å². The van der Waals surface area contributed by atoms with Crippen LogP contribution < -0.4 is 0 Å². The number of hydrogen-bond donors (Lipinski definition) is 0. The highest BCUT2D eigenvalue weighted by Gasteiger charge is 1.96. The van der Waals surface area contributed by atoms with E-state index in [0.29, 0.717) is 0 Å². The van der Waals surface area contributed by atoms with Crippen LogP contribution in [0, 0.1) is 17.7 Å². The Morgan fingerprint density at radius 2 is 2.40 bits per heavy atom. The topological polar surface area (TPSA) is 17.8 Å². The van der Waals surface area contributed by atoms with Crippen LogP contribution in [0.3, 0.4) is 0 Å². The molecule has 1 rings (SSSR count). The standard InChI is InChI=1S/C7H7BrN2/c1-6-7(3-4-8)5-10(2)9-6/h5H,1-2H3. The molecule has 1 heterocycles. The van der Waals surface area contributed by atoms with E-state index in [1.165, 1.54) is 0 Å². The van der Waals surface area contributed by atoms with Gasteiger partial charge in [0.2, 0.25) is 0 Å². The van der Waals surface area contributed by atoms with Gasteiger partial charge in [0.25, 0.3) is 0 Å². The minimum atomic E-state index is 0.967. The van der Waals surface area contributed by atoms with Gasteiger partial charge in [0, 0.05) is 29.2 Å². The summed E-state index contributed by atoms with van der Waals surface area (Å²) in [6.07, 6.45) is 1.89. The zero-order valence-corrected chi connectivity index (χ0v) is 7.44. The Bertz CT molecular complexity index is 290. The van der Waals surface area contributed by atoms with Gasteiger partial charge < -0.3 is 0 Å². The number of hydrogen-bond acceptors (Lipinski definition) is 1. The van der Waals surface area contributed by atoms with Crippen LogP contribution in [0.2, 0.25) is 0 Å². The van der Waals surface area contributed by atoms with Crippen molar-refractivity contribution in [2.24, 2.45) is 7.05 Å². The van der Waals surface area contributed by atoms with Crippen LogP contribution in [0.4, 0.5) is 0 Å². The molecule has 0 saturated carbocycles. The number of halogens is 1. The van der Waals surface area contributed by atoms with Crippen molar-refractivity contribution in [1.82, 2.24) is 9.78 Å². The Hall–Kier alpha value is -0.750. The summed E-state index contributed by atoms with van der Waals surface area (Å²) >= 11 is 3.03. The van der Waals surface area contributed by atoms with Gasteiger partial charge in [-0.2, -0.15) is 5.10 Å². The van der Waals surface area contributed by atoms with Crippen molar-refractivity contribution in [2.45, 2.75) is 6.92 Å². The summed E-state index contributed by atoms with van der Waals surface area (Å²) < 4.78 is 1.75. The summed E-state index contributed by atoms with van der Waals surface area (Å²) in [7, 11) is 1.88. The van der Waals surface area contributed by atoms with Gasteiger partial charge in [-0.3, -0.25) is 4.68 Å². The number of aromatic nitrogens is 2. The second-order valence-corrected chi connectivity index (χ2v) is 2.42. The van der Waals surface area contributed by atoms with Crippen molar-refractivity contribution in [1.29, 1.82) is 0 Å². The summed E-state index contributed by atoms with van der Waals surface area (Å²) in [4.78, 5) is 2.65. The molecule has 0 bridgehead atoms. The van der Waals surface area contributed by atoms with E-state index in [0.717, 1.165) is 11.3 Å². The minimum Gasteiger partial charge on any atom is -0.274 e. The maximum absolute atomic E-state index is 4.12. The third-order valence-electron chi connectivity index (χ3n) is 1.20. The summed E-state index contributed by atoms with van der Waals surface area (Å²) in [5.41, 5.74) is 1.94. The largest absolute Gasteiger partial charge is 0.274 e. The highest BCUT2D eigenvalue weighted by atomic mass is 79.9. The summed E-state index contributed by atoms with van der Waals surface area (Å²) in [6.45, 7) is 1.94. The van der Waals surface area contributed by atoms with Crippen LogP contribution in [-0.4, -0.2) is 9.78 Å². The Balaban J connectivity index is 3.11. The van der Waals surface area contributed by atoms with E-state index in [-0.39, 0.29) is 0 Å². The van der Waals surface area contributed by atoms with Crippen LogP contribution >= 0.6 is 15.9 Å². The molecular weight excluding hydrogens is 192 g/mol. The first kappa shape index (κ1) is 7.36. The van der Waals surface area contributed by atoms with Crippen LogP contribution in [0.25, 0.3) is 0 Å². The van der Waals surface area contributed by atoms with Gasteiger partial charge in [-0.15, -0.1) is 0 Å². The predicted molar refractivity (Wildman–Crippen MR) is 43.8 cm³/mol. The Kier molecular flexibility index (Phi) is 2.13. The lowest BCUT2D eigenvalue weighted by molar-refractivity contribution is 0.756. The van der Waals surface area contributed by atoms with Crippen LogP contribution in [-0.2, 0) is 7.05 Å². The fourth-order valence-electron chi connectivity index (χ4n) is 0.773. The van der Waals surface area contributed by atoms with Gasteiger partial charge in [-0.1, -0.05) is 5.92 Å². The van der Waals surface area contributed by atoms with E-state index >= 15 is 0 Å². The minimum absolute atomic E-state index is 0.967. The smallest absolute Gasteiger partial charge is 0.0750 e. The van der Waals surface area contributed by atoms with Crippen LogP contribution in [0.5, 0.6) is 0 Å². The lowest BCUT2D eigenvalue weighted by atomic mass is 10.3. The average molecular weight is 199 g/mol. The molecule has 0 aliphatic carbocycles. The van der Waals surface area contributed by atoms with Crippen molar-refractivity contribution in [3.05, 3.63) is 17.5 Å². The van der Waals surface area contributed by atoms with E-state index in [1.54, 1.807) is 4.68 Å². The molecule has 1 aromatic rings. The molecule has 1 aromatic heterocycles. The van der Waals surface area contributed by atoms with Gasteiger partial charge in [0.05, 0.1) is 11.3 Å². The molecule has 0 aliphatic rings. The zero-order chi connectivity index (χ0) is 7.56. The SMILES string of the molecule is Cc1nn(C)cc1C#CBr. The quantitative estimate of drug-likeness (QED) is 0.578. The first-order valence-electron chi connectivity index (χ1n) is 2.86. The van der Waals surface area contributed by atoms with Gasteiger partial charge in [0.15, 0.2) is 0 Å². The molecule has 52 valence electrons. The third kappa shape index (κ3) is 1.39. The molecular formula is C7H7BrN2. The van der Waals surface area contributed by atoms with E-state index < -0.39 is 0 Å². The fourth-order valence-corrected chi connectivity index (χ4v) is 0.987. The van der Waals surface area contributed by atoms with Gasteiger partial charge >= 0.3 is 0 Å². The van der Waals surface area contributed by atoms with Crippen molar-refractivity contribution < 1.29 is 0 Å². The Morgan fingerprint density at radius 3 is 2.80 bits per heavy atom. The normalized spacial score (nSPS) is 8.70. The molecule has 0 saturated heterocycles. The second kappa shape index (κ2) is 2.89. The van der Waals surface area contributed by atoms with Gasteiger partial charge in [-0.05, 0) is 11.8 Å². The van der Waals surface area contributed by atoms with Crippen molar-refractivity contribution in [2.75, 3.05) is 0 Å². The molecule has 0 atom stereocenters. The second-order valence-electron chi connectivity index (χ2n) is 2.02. The number of nitrogens with zero attached hydrogens (tertiary/aromatic N) is 2. The van der Waals surface area contributed by atoms with Crippen molar-refractivity contribution in [3.63, 3.8) is 0 Å². The maximum Gasteiger partial charge on any atom is 0.0750 e. The fraction of sp³-hybridized carbons (Fsp3) is 0.286. The summed E-state index contributed by atoms with van der Waals surface area (Å²) in [5, 5.41) is 4.12. The zero-order valence-electron chi connectivity index (χ0n) is 5.85. The molecule has 0 aliphatic heterocycles.